The second kappa shape index (κ2) is 9.04. The Kier molecular flexibility index (Phi) is 3.81. The molecule has 5 aromatic rings. The molecule has 9 heteroatoms. The lowest BCUT2D eigenvalue weighted by Gasteiger charge is -2.40. The Balaban J connectivity index is 1.93. The summed E-state index contributed by atoms with van der Waals surface area (Å²) in [7, 11) is 0.713. The molecule has 38 heavy (non-hydrogen) atoms. The molecule has 7 nitrogen and oxygen atoms in total. The van der Waals surface area contributed by atoms with Crippen molar-refractivity contribution in [3.05, 3.63) is 83.7 Å². The zero-order valence-electron chi connectivity index (χ0n) is 28.6. The van der Waals surface area contributed by atoms with Gasteiger partial charge in [0.15, 0.2) is 5.82 Å². The SMILES string of the molecule is [2H]C1([2H])C([2H])([2H])C([2H])([2H])[C@](O)(c2c(-c3ccc(C(=O)O)cc3)c3c(F)c4[nH]ncc4cc3n2-c2ccc(F)cc2)[C@@]([2H])(OC)C1([2H])[2H]. The molecule has 2 aromatic heterocycles. The van der Waals surface area contributed by atoms with Gasteiger partial charge >= 0.3 is 5.97 Å². The van der Waals surface area contributed by atoms with Gasteiger partial charge < -0.3 is 19.5 Å². The lowest BCUT2D eigenvalue weighted by atomic mass is 9.77. The molecule has 1 aliphatic rings. The molecule has 0 saturated heterocycles. The maximum absolute atomic E-state index is 16.7. The maximum Gasteiger partial charge on any atom is 0.335 e. The van der Waals surface area contributed by atoms with Gasteiger partial charge in [0.25, 0.3) is 0 Å². The summed E-state index contributed by atoms with van der Waals surface area (Å²) in [6, 6.07) is 10.3. The van der Waals surface area contributed by atoms with E-state index in [1.807, 2.05) is 0 Å². The van der Waals surface area contributed by atoms with E-state index in [0.717, 1.165) is 41.0 Å². The maximum atomic E-state index is 16.7. The molecule has 1 aliphatic carbocycles. The van der Waals surface area contributed by atoms with Crippen LogP contribution in [0.4, 0.5) is 8.78 Å². The second-order valence-electron chi connectivity index (χ2n) is 8.58. The molecule has 0 aliphatic heterocycles. The van der Waals surface area contributed by atoms with E-state index >= 15 is 4.39 Å². The van der Waals surface area contributed by atoms with E-state index in [1.165, 1.54) is 24.4 Å². The molecule has 0 radical (unpaired) electrons. The normalized spacial score (nSPS) is 30.6. The van der Waals surface area contributed by atoms with Crippen molar-refractivity contribution < 1.29 is 40.9 Å². The summed E-state index contributed by atoms with van der Waals surface area (Å²) in [4.78, 5) is 11.7. The first-order valence-corrected chi connectivity index (χ1v) is 11.3. The number of fused-ring (bicyclic) bond motifs is 2. The van der Waals surface area contributed by atoms with Gasteiger partial charge in [-0.2, -0.15) is 5.10 Å². The van der Waals surface area contributed by atoms with E-state index < -0.39 is 66.0 Å². The number of carbonyl (C=O) groups is 1. The molecular weight excluding hydrogens is 492 g/mol. The molecule has 0 unspecified atom stereocenters. The summed E-state index contributed by atoms with van der Waals surface area (Å²) >= 11 is 0. The van der Waals surface area contributed by atoms with Crippen LogP contribution in [0.3, 0.4) is 0 Å². The number of aromatic carboxylic acids is 1. The van der Waals surface area contributed by atoms with E-state index in [-0.39, 0.29) is 38.6 Å². The minimum absolute atomic E-state index is 0.0839. The highest BCUT2D eigenvalue weighted by Crippen LogP contribution is 2.49. The van der Waals surface area contributed by atoms with Crippen molar-refractivity contribution in [1.82, 2.24) is 14.8 Å². The van der Waals surface area contributed by atoms with Crippen LogP contribution in [-0.4, -0.2) is 44.1 Å². The topological polar surface area (TPSA) is 100 Å². The van der Waals surface area contributed by atoms with Crippen molar-refractivity contribution in [2.45, 2.75) is 37.2 Å². The van der Waals surface area contributed by atoms with Gasteiger partial charge in [-0.3, -0.25) is 5.10 Å². The smallest absolute Gasteiger partial charge is 0.335 e. The summed E-state index contributed by atoms with van der Waals surface area (Å²) in [6.45, 7) is 0. The Morgan fingerprint density at radius 3 is 2.63 bits per heavy atom. The molecule has 2 atom stereocenters. The van der Waals surface area contributed by atoms with Crippen LogP contribution in [0.1, 0.15) is 53.9 Å². The molecule has 0 bridgehead atoms. The molecule has 6 rings (SSSR count). The minimum Gasteiger partial charge on any atom is -0.478 e. The van der Waals surface area contributed by atoms with Gasteiger partial charge in [-0.15, -0.1) is 0 Å². The van der Waals surface area contributed by atoms with Gasteiger partial charge in [-0.1, -0.05) is 18.5 Å². The number of rotatable bonds is 5. The van der Waals surface area contributed by atoms with E-state index in [0.29, 0.717) is 7.11 Å². The minimum atomic E-state index is -3.94. The molecule has 2 heterocycles. The third-order valence-corrected chi connectivity index (χ3v) is 6.47. The van der Waals surface area contributed by atoms with E-state index in [9.17, 15) is 20.8 Å². The fourth-order valence-electron chi connectivity index (χ4n) is 4.79. The first-order valence-electron chi connectivity index (χ1n) is 15.8. The Bertz CT molecular complexity index is 2080. The lowest BCUT2D eigenvalue weighted by Crippen LogP contribution is -2.45. The van der Waals surface area contributed by atoms with Gasteiger partial charge in [0.1, 0.15) is 16.9 Å². The summed E-state index contributed by atoms with van der Waals surface area (Å²) in [5, 5.41) is 28.5. The number of H-pyrrole nitrogens is 1. The molecular formula is C29H25F2N3O4. The lowest BCUT2D eigenvalue weighted by molar-refractivity contribution is -0.125. The van der Waals surface area contributed by atoms with Crippen LogP contribution < -0.4 is 0 Å². The van der Waals surface area contributed by atoms with Gasteiger partial charge in [-0.05, 0) is 67.1 Å². The summed E-state index contributed by atoms with van der Waals surface area (Å²) in [5.41, 5.74) is -5.85. The highest BCUT2D eigenvalue weighted by molar-refractivity contribution is 6.06. The van der Waals surface area contributed by atoms with Crippen LogP contribution in [0.2, 0.25) is 0 Å². The molecule has 3 aromatic carbocycles. The van der Waals surface area contributed by atoms with E-state index in [2.05, 4.69) is 10.2 Å². The average molecular weight is 527 g/mol. The Morgan fingerprint density at radius 2 is 1.95 bits per heavy atom. The molecule has 1 fully saturated rings. The number of benzene rings is 3. The van der Waals surface area contributed by atoms with Crippen molar-refractivity contribution in [3.8, 4) is 16.8 Å². The van der Waals surface area contributed by atoms with Crippen molar-refractivity contribution >= 4 is 27.8 Å². The number of carboxylic acid groups (broad SMARTS) is 1. The zero-order chi connectivity index (χ0) is 34.7. The second-order valence-corrected chi connectivity index (χ2v) is 8.58. The number of aromatic amines is 1. The van der Waals surface area contributed by atoms with Crippen LogP contribution in [0.15, 0.2) is 60.8 Å². The first-order chi connectivity index (χ1) is 21.7. The summed E-state index contributed by atoms with van der Waals surface area (Å²) in [6.07, 6.45) is -17.9. The van der Waals surface area contributed by atoms with E-state index in [1.54, 1.807) is 0 Å². The molecule has 0 spiro atoms. The number of nitrogens with one attached hydrogen (secondary N) is 1. The fourth-order valence-corrected chi connectivity index (χ4v) is 4.79. The van der Waals surface area contributed by atoms with Crippen LogP contribution in [0, 0.1) is 11.6 Å². The fraction of sp³-hybridized carbons (Fsp3) is 0.241. The number of hydrogen-bond donors (Lipinski definition) is 3. The van der Waals surface area contributed by atoms with Crippen LogP contribution in [0.5, 0.6) is 0 Å². The summed E-state index contributed by atoms with van der Waals surface area (Å²) < 4.78 is 116. The largest absolute Gasteiger partial charge is 0.478 e. The number of hydrogen-bond acceptors (Lipinski definition) is 4. The van der Waals surface area contributed by atoms with Crippen LogP contribution in [-0.2, 0) is 10.3 Å². The van der Waals surface area contributed by atoms with Crippen LogP contribution in [0.25, 0.3) is 38.6 Å². The predicted octanol–water partition coefficient (Wildman–Crippen LogP) is 5.93. The monoisotopic (exact) mass is 526 g/mol. The quantitative estimate of drug-likeness (QED) is 0.264. The highest BCUT2D eigenvalue weighted by Gasteiger charge is 2.46. The number of nitrogens with zero attached hydrogens (tertiary/aromatic N) is 2. The van der Waals surface area contributed by atoms with E-state index in [4.69, 9.17) is 15.7 Å². The van der Waals surface area contributed by atoms with Gasteiger partial charge in [-0.25, -0.2) is 13.6 Å². The van der Waals surface area contributed by atoms with Gasteiger partial charge in [0.2, 0.25) is 0 Å². The Morgan fingerprint density at radius 1 is 1.21 bits per heavy atom. The Labute approximate surface area is 228 Å². The highest BCUT2D eigenvalue weighted by atomic mass is 19.1. The third-order valence-electron chi connectivity index (χ3n) is 6.47. The van der Waals surface area contributed by atoms with Gasteiger partial charge in [0, 0.05) is 40.1 Å². The third kappa shape index (κ3) is 3.61. The first kappa shape index (κ1) is 16.0. The molecule has 3 N–H and O–H groups in total. The summed E-state index contributed by atoms with van der Waals surface area (Å²) in [5.74, 6) is -3.08. The number of halogens is 2. The van der Waals surface area contributed by atoms with Gasteiger partial charge in [0.05, 0.1) is 30.4 Å². The standard InChI is InChI=1S/C29H25F2N3O4/c1-38-22-4-2-3-13-29(22,37)27-23(16-5-7-17(8-6-16)28(35)36)24-21(14-18-15-32-33-26(18)25(24)31)34(27)20-11-9-19(30)10-12-20/h5-12,14-15,22,37H,2-4,13H2,1H3,(H,32,33)(H,35,36)/t22-,29+/m0/s1/i2D2,3D2,4D2,13D2,22D. The molecule has 194 valence electrons. The molecule has 0 amide bonds. The van der Waals surface area contributed by atoms with Crippen molar-refractivity contribution in [1.29, 1.82) is 0 Å². The number of carboxylic acids is 1. The zero-order valence-corrected chi connectivity index (χ0v) is 19.6. The predicted molar refractivity (Wildman–Crippen MR) is 138 cm³/mol. The van der Waals surface area contributed by atoms with Crippen molar-refractivity contribution in [2.24, 2.45) is 0 Å². The number of aromatic nitrogens is 3. The number of methoxy groups -OCH3 is 1. The van der Waals surface area contributed by atoms with Crippen molar-refractivity contribution in [2.75, 3.05) is 7.11 Å². The average Bonchev–Trinajstić information content (AvgIpc) is 3.63. The Hall–Kier alpha value is -4.08. The molecule has 1 saturated carbocycles. The number of aliphatic hydroxyl groups is 1. The van der Waals surface area contributed by atoms with Crippen molar-refractivity contribution in [3.63, 3.8) is 0 Å². The van der Waals surface area contributed by atoms with Crippen LogP contribution >= 0.6 is 0 Å². The number of ether oxygens (including phenoxy) is 1.